The summed E-state index contributed by atoms with van der Waals surface area (Å²) in [6, 6.07) is 0. The van der Waals surface area contributed by atoms with Gasteiger partial charge in [-0.15, -0.1) is 0 Å². The Morgan fingerprint density at radius 3 is 2.65 bits per heavy atom. The van der Waals surface area contributed by atoms with Gasteiger partial charge in [0.1, 0.15) is 17.9 Å². The summed E-state index contributed by atoms with van der Waals surface area (Å²) in [6.07, 6.45) is 11.9. The van der Waals surface area contributed by atoms with Crippen LogP contribution < -0.4 is 4.90 Å². The van der Waals surface area contributed by atoms with Crippen LogP contribution in [-0.4, -0.2) is 52.7 Å². The van der Waals surface area contributed by atoms with E-state index in [2.05, 4.69) is 48.8 Å². The largest absolute Gasteiger partial charge is 0.442 e. The van der Waals surface area contributed by atoms with Crippen molar-refractivity contribution in [1.82, 2.24) is 14.9 Å². The highest BCUT2D eigenvalue weighted by Crippen LogP contribution is 2.44. The van der Waals surface area contributed by atoms with E-state index in [-0.39, 0.29) is 11.4 Å². The van der Waals surface area contributed by atoms with Crippen molar-refractivity contribution in [2.45, 2.75) is 71.8 Å². The first-order chi connectivity index (χ1) is 16.3. The zero-order chi connectivity index (χ0) is 24.0. The molecule has 2 fully saturated rings. The Bertz CT molecular complexity index is 1210. The number of rotatable bonds is 5. The van der Waals surface area contributed by atoms with Crippen LogP contribution in [0.1, 0.15) is 75.4 Å². The number of allylic oxidation sites excluding steroid dienone is 4. The van der Waals surface area contributed by atoms with E-state index in [1.54, 1.807) is 0 Å². The first-order valence-corrected chi connectivity index (χ1v) is 12.5. The van der Waals surface area contributed by atoms with Crippen molar-refractivity contribution in [3.8, 4) is 0 Å². The summed E-state index contributed by atoms with van der Waals surface area (Å²) in [5.41, 5.74) is 5.10. The molecule has 0 unspecified atom stereocenters. The van der Waals surface area contributed by atoms with Crippen LogP contribution >= 0.6 is 0 Å². The summed E-state index contributed by atoms with van der Waals surface area (Å²) in [5, 5.41) is 0.743. The third-order valence-electron chi connectivity index (χ3n) is 8.08. The van der Waals surface area contributed by atoms with Gasteiger partial charge in [-0.1, -0.05) is 18.6 Å². The Morgan fingerprint density at radius 2 is 1.97 bits per heavy atom. The molecular weight excluding hydrogens is 426 g/mol. The molecule has 1 saturated carbocycles. The molecule has 2 aliphatic heterocycles. The second-order valence-corrected chi connectivity index (χ2v) is 10.3. The molecule has 1 amide bonds. The zero-order valence-corrected chi connectivity index (χ0v) is 21.0. The van der Waals surface area contributed by atoms with Gasteiger partial charge in [-0.05, 0) is 64.9 Å². The predicted octanol–water partition coefficient (Wildman–Crippen LogP) is 5.46. The lowest BCUT2D eigenvalue weighted by Gasteiger charge is -2.32. The highest BCUT2D eigenvalue weighted by molar-refractivity contribution is 6.10. The van der Waals surface area contributed by atoms with E-state index in [1.807, 2.05) is 18.0 Å². The topological polar surface area (TPSA) is 74.8 Å². The minimum atomic E-state index is 0.0178. The normalized spacial score (nSPS) is 20.5. The molecule has 4 heterocycles. The van der Waals surface area contributed by atoms with Crippen molar-refractivity contribution in [2.24, 2.45) is 10.9 Å². The van der Waals surface area contributed by atoms with E-state index in [0.717, 1.165) is 49.7 Å². The molecule has 180 valence electrons. The molecule has 34 heavy (non-hydrogen) atoms. The molecule has 2 aromatic rings. The molecule has 3 aliphatic rings. The number of nitrogens with zero attached hydrogens (tertiary/aromatic N) is 5. The van der Waals surface area contributed by atoms with E-state index < -0.39 is 0 Å². The summed E-state index contributed by atoms with van der Waals surface area (Å²) in [4.78, 5) is 31.6. The summed E-state index contributed by atoms with van der Waals surface area (Å²) >= 11 is 0. The number of hydrogen-bond acceptors (Lipinski definition) is 6. The molecule has 1 saturated heterocycles. The van der Waals surface area contributed by atoms with E-state index in [4.69, 9.17) is 9.41 Å². The van der Waals surface area contributed by atoms with Gasteiger partial charge >= 0.3 is 0 Å². The predicted molar refractivity (Wildman–Crippen MR) is 135 cm³/mol. The number of fused-ring (bicyclic) bond motifs is 1. The SMILES string of the molecule is CCC1=C(C)CC=C(C2CCN(C(=O)c3c(C)oc4ncnc(N(C)C5(C)CC5)c34)CC2)N=C1. The van der Waals surface area contributed by atoms with Gasteiger partial charge in [0, 0.05) is 43.5 Å². The maximum absolute atomic E-state index is 13.7. The Morgan fingerprint density at radius 1 is 1.24 bits per heavy atom. The second kappa shape index (κ2) is 8.67. The third-order valence-corrected chi connectivity index (χ3v) is 8.08. The molecule has 5 rings (SSSR count). The molecule has 0 N–H and O–H groups in total. The van der Waals surface area contributed by atoms with Gasteiger partial charge in [-0.2, -0.15) is 0 Å². The Labute approximate surface area is 201 Å². The monoisotopic (exact) mass is 461 g/mol. The number of aryl methyl sites for hydroxylation is 1. The molecule has 0 spiro atoms. The molecule has 0 radical (unpaired) electrons. The van der Waals surface area contributed by atoms with Gasteiger partial charge < -0.3 is 14.2 Å². The summed E-state index contributed by atoms with van der Waals surface area (Å²) < 4.78 is 5.94. The van der Waals surface area contributed by atoms with Crippen molar-refractivity contribution in [1.29, 1.82) is 0 Å². The summed E-state index contributed by atoms with van der Waals surface area (Å²) in [6.45, 7) is 9.89. The van der Waals surface area contributed by atoms with Crippen molar-refractivity contribution in [3.05, 3.63) is 40.6 Å². The average molecular weight is 462 g/mol. The smallest absolute Gasteiger partial charge is 0.258 e. The van der Waals surface area contributed by atoms with Crippen LogP contribution in [-0.2, 0) is 0 Å². The highest BCUT2D eigenvalue weighted by Gasteiger charge is 2.43. The summed E-state index contributed by atoms with van der Waals surface area (Å²) in [7, 11) is 2.05. The molecule has 7 nitrogen and oxygen atoms in total. The van der Waals surface area contributed by atoms with Crippen molar-refractivity contribution in [2.75, 3.05) is 25.0 Å². The molecule has 2 aromatic heterocycles. The number of hydrogen-bond donors (Lipinski definition) is 0. The first kappa shape index (κ1) is 22.8. The third kappa shape index (κ3) is 3.95. The van der Waals surface area contributed by atoms with E-state index >= 15 is 0 Å². The molecule has 0 atom stereocenters. The number of carbonyl (C=O) groups is 1. The van der Waals surface area contributed by atoms with Crippen LogP contribution in [0.2, 0.25) is 0 Å². The Hall–Kier alpha value is -2.96. The minimum absolute atomic E-state index is 0.0178. The number of carbonyl (C=O) groups excluding carboxylic acids is 1. The maximum atomic E-state index is 13.7. The number of aromatic nitrogens is 2. The van der Waals surface area contributed by atoms with Crippen LogP contribution in [0.3, 0.4) is 0 Å². The average Bonchev–Trinajstić information content (AvgIpc) is 3.54. The lowest BCUT2D eigenvalue weighted by atomic mass is 9.92. The minimum Gasteiger partial charge on any atom is -0.442 e. The van der Waals surface area contributed by atoms with E-state index in [9.17, 15) is 4.79 Å². The molecule has 0 bridgehead atoms. The lowest BCUT2D eigenvalue weighted by molar-refractivity contribution is 0.0701. The fourth-order valence-corrected chi connectivity index (χ4v) is 5.22. The second-order valence-electron chi connectivity index (χ2n) is 10.3. The molecular formula is C27H35N5O2. The van der Waals surface area contributed by atoms with Gasteiger partial charge in [0.25, 0.3) is 5.91 Å². The van der Waals surface area contributed by atoms with E-state index in [0.29, 0.717) is 36.0 Å². The highest BCUT2D eigenvalue weighted by atomic mass is 16.3. The van der Waals surface area contributed by atoms with Gasteiger partial charge in [-0.3, -0.25) is 9.79 Å². The van der Waals surface area contributed by atoms with Gasteiger partial charge in [0.05, 0.1) is 10.9 Å². The maximum Gasteiger partial charge on any atom is 0.258 e. The number of likely N-dealkylation sites (tertiary alicyclic amines) is 1. The van der Waals surface area contributed by atoms with Gasteiger partial charge in [-0.25, -0.2) is 9.97 Å². The zero-order valence-electron chi connectivity index (χ0n) is 21.0. The number of aliphatic imine (C=N–C) groups is 1. The van der Waals surface area contributed by atoms with E-state index in [1.165, 1.54) is 23.2 Å². The van der Waals surface area contributed by atoms with Gasteiger partial charge in [0.2, 0.25) is 5.71 Å². The number of anilines is 1. The molecule has 1 aliphatic carbocycles. The number of amides is 1. The van der Waals surface area contributed by atoms with Crippen LogP contribution in [0.5, 0.6) is 0 Å². The molecule has 0 aromatic carbocycles. The molecule has 7 heteroatoms. The quantitative estimate of drug-likeness (QED) is 0.591. The number of furan rings is 1. The Balaban J connectivity index is 1.36. The van der Waals surface area contributed by atoms with Crippen LogP contribution in [0.4, 0.5) is 5.82 Å². The number of piperidine rings is 1. The Kier molecular flexibility index (Phi) is 5.82. The first-order valence-electron chi connectivity index (χ1n) is 12.5. The fourth-order valence-electron chi connectivity index (χ4n) is 5.22. The van der Waals surface area contributed by atoms with Crippen LogP contribution in [0.15, 0.2) is 38.7 Å². The van der Waals surface area contributed by atoms with Crippen molar-refractivity contribution >= 4 is 29.0 Å². The fraction of sp³-hybridized carbons (Fsp3) is 0.556. The van der Waals surface area contributed by atoms with Gasteiger partial charge in [0.15, 0.2) is 0 Å². The van der Waals surface area contributed by atoms with Crippen molar-refractivity contribution < 1.29 is 9.21 Å². The summed E-state index contributed by atoms with van der Waals surface area (Å²) in [5.74, 6) is 1.81. The standard InChI is InChI=1S/C27H35N5O2/c1-6-19-15-28-21(8-7-17(19)2)20-9-13-32(14-10-20)26(33)22-18(3)34-25-23(22)24(29-16-30-25)31(5)27(4)11-12-27/h8,15-16,20H,6-7,9-14H2,1-5H3. The lowest BCUT2D eigenvalue weighted by Crippen LogP contribution is -2.39. The van der Waals surface area contributed by atoms with Crippen LogP contribution in [0.25, 0.3) is 11.1 Å². The van der Waals surface area contributed by atoms with Crippen LogP contribution in [0, 0.1) is 12.8 Å². The van der Waals surface area contributed by atoms with Crippen molar-refractivity contribution in [3.63, 3.8) is 0 Å².